The van der Waals surface area contributed by atoms with Crippen LogP contribution in [0.1, 0.15) is 57.5 Å². The number of aromatic amines is 1. The highest BCUT2D eigenvalue weighted by atomic mass is 16.5. The Morgan fingerprint density at radius 2 is 1.87 bits per heavy atom. The number of phenolic OH excluding ortho intramolecular Hbond substituents is 1. The number of ether oxygens (including phenoxy) is 1. The molecule has 0 radical (unpaired) electrons. The number of nitrogens with zero attached hydrogens (tertiary/aromatic N) is 3. The largest absolute Gasteiger partial charge is 0.508 e. The van der Waals surface area contributed by atoms with Crippen LogP contribution in [0, 0.1) is 0 Å². The van der Waals surface area contributed by atoms with Crippen molar-refractivity contribution in [3.63, 3.8) is 0 Å². The fourth-order valence-electron chi connectivity index (χ4n) is 6.43. The van der Waals surface area contributed by atoms with E-state index in [1.165, 1.54) is 0 Å². The van der Waals surface area contributed by atoms with E-state index in [1.807, 2.05) is 31.2 Å². The molecule has 38 heavy (non-hydrogen) atoms. The molecule has 202 valence electrons. The van der Waals surface area contributed by atoms with Crippen molar-refractivity contribution < 1.29 is 19.4 Å². The minimum atomic E-state index is -1.07. The Hall–Kier alpha value is -3.52. The third-order valence-corrected chi connectivity index (χ3v) is 8.21. The number of hydrogen-bond acceptors (Lipinski definition) is 5. The number of hydrogen-bond donors (Lipinski definition) is 2. The van der Waals surface area contributed by atoms with Gasteiger partial charge in [0.2, 0.25) is 11.8 Å². The molecule has 2 aliphatic heterocycles. The lowest BCUT2D eigenvalue weighted by Gasteiger charge is -2.53. The molecule has 0 aliphatic carbocycles. The minimum Gasteiger partial charge on any atom is -0.508 e. The van der Waals surface area contributed by atoms with Gasteiger partial charge in [-0.3, -0.25) is 14.5 Å². The van der Waals surface area contributed by atoms with Gasteiger partial charge in [0.1, 0.15) is 17.0 Å². The number of phenols is 1. The van der Waals surface area contributed by atoms with Crippen molar-refractivity contribution >= 4 is 22.7 Å². The SMILES string of the molecule is COc1ccc2[nH]c3c(c2c1)CC1(C)C(=O)N(CCN(C(C)C)C(C)C)CC(=O)N1C3c1cccc(O)c1. The molecule has 2 amide bonds. The highest BCUT2D eigenvalue weighted by molar-refractivity contribution is 6.00. The molecule has 8 heteroatoms. The summed E-state index contributed by atoms with van der Waals surface area (Å²) in [5.41, 5.74) is 2.48. The number of benzene rings is 2. The van der Waals surface area contributed by atoms with Crippen LogP contribution in [-0.2, 0) is 16.0 Å². The molecule has 0 saturated carbocycles. The fraction of sp³-hybridized carbons (Fsp3) is 0.467. The Bertz CT molecular complexity index is 1370. The number of piperazine rings is 1. The third-order valence-electron chi connectivity index (χ3n) is 8.21. The van der Waals surface area contributed by atoms with Gasteiger partial charge in [0.15, 0.2) is 0 Å². The molecule has 2 aromatic carbocycles. The highest BCUT2D eigenvalue weighted by Crippen LogP contribution is 2.47. The van der Waals surface area contributed by atoms with Crippen LogP contribution in [0.5, 0.6) is 11.5 Å². The summed E-state index contributed by atoms with van der Waals surface area (Å²) in [6, 6.07) is 13.0. The maximum absolute atomic E-state index is 14.2. The summed E-state index contributed by atoms with van der Waals surface area (Å²) in [7, 11) is 1.64. The zero-order chi connectivity index (χ0) is 27.4. The maximum atomic E-state index is 14.2. The first-order valence-corrected chi connectivity index (χ1v) is 13.4. The molecule has 2 atom stereocenters. The average molecular weight is 519 g/mol. The normalized spacial score (nSPS) is 21.6. The molecule has 5 rings (SSSR count). The summed E-state index contributed by atoms with van der Waals surface area (Å²) in [6.07, 6.45) is 0.393. The van der Waals surface area contributed by atoms with Gasteiger partial charge in [-0.05, 0) is 76.1 Å². The Morgan fingerprint density at radius 1 is 1.13 bits per heavy atom. The Labute approximate surface area is 224 Å². The third kappa shape index (κ3) is 4.21. The van der Waals surface area contributed by atoms with Crippen LogP contribution in [0.15, 0.2) is 42.5 Å². The molecular formula is C30H38N4O4. The number of aromatic nitrogens is 1. The molecule has 0 spiro atoms. The molecule has 3 heterocycles. The molecule has 2 aliphatic rings. The predicted molar refractivity (Wildman–Crippen MR) is 147 cm³/mol. The van der Waals surface area contributed by atoms with Gasteiger partial charge in [-0.2, -0.15) is 0 Å². The van der Waals surface area contributed by atoms with Crippen molar-refractivity contribution in [2.45, 2.75) is 64.7 Å². The molecule has 1 fully saturated rings. The van der Waals surface area contributed by atoms with E-state index in [2.05, 4.69) is 37.6 Å². The lowest BCUT2D eigenvalue weighted by atomic mass is 9.78. The summed E-state index contributed by atoms with van der Waals surface area (Å²) >= 11 is 0. The Morgan fingerprint density at radius 3 is 2.53 bits per heavy atom. The standard InChI is InChI=1S/C30H38N4O4/c1-18(2)33(19(3)4)13-12-32-17-26(36)34-28(20-8-7-9-21(35)14-20)27-24(16-30(34,5)29(32)37)23-15-22(38-6)10-11-25(23)31-27/h7-11,14-15,18-19,28,31,35H,12-13,16-17H2,1-6H3. The van der Waals surface area contributed by atoms with Crippen LogP contribution in [0.3, 0.4) is 0 Å². The summed E-state index contributed by atoms with van der Waals surface area (Å²) in [5.74, 6) is 0.713. The monoisotopic (exact) mass is 518 g/mol. The number of fused-ring (bicyclic) bond motifs is 4. The van der Waals surface area contributed by atoms with Crippen molar-refractivity contribution in [1.82, 2.24) is 19.7 Å². The van der Waals surface area contributed by atoms with Crippen molar-refractivity contribution in [3.05, 3.63) is 59.3 Å². The van der Waals surface area contributed by atoms with Crippen molar-refractivity contribution in [3.8, 4) is 11.5 Å². The summed E-state index contributed by atoms with van der Waals surface area (Å²) in [4.78, 5) is 37.5. The molecular weight excluding hydrogens is 480 g/mol. The first-order chi connectivity index (χ1) is 18.0. The van der Waals surface area contributed by atoms with Gasteiger partial charge < -0.3 is 24.6 Å². The number of methoxy groups -OCH3 is 1. The predicted octanol–water partition coefficient (Wildman–Crippen LogP) is 4.08. The van der Waals surface area contributed by atoms with E-state index in [0.717, 1.165) is 33.5 Å². The number of H-pyrrole nitrogens is 1. The number of amides is 2. The lowest BCUT2D eigenvalue weighted by molar-refractivity contribution is -0.167. The minimum absolute atomic E-state index is 0.0388. The molecule has 1 saturated heterocycles. The number of carbonyl (C=O) groups excluding carboxylic acids is 2. The zero-order valence-corrected chi connectivity index (χ0v) is 23.1. The van der Waals surface area contributed by atoms with Gasteiger partial charge in [0.25, 0.3) is 0 Å². The lowest BCUT2D eigenvalue weighted by Crippen LogP contribution is -2.70. The van der Waals surface area contributed by atoms with Crippen LogP contribution in [0.2, 0.25) is 0 Å². The van der Waals surface area contributed by atoms with E-state index in [0.29, 0.717) is 31.6 Å². The highest BCUT2D eigenvalue weighted by Gasteiger charge is 2.56. The smallest absolute Gasteiger partial charge is 0.249 e. The number of aromatic hydroxyl groups is 1. The molecule has 2 unspecified atom stereocenters. The maximum Gasteiger partial charge on any atom is 0.249 e. The summed E-state index contributed by atoms with van der Waals surface area (Å²) in [5, 5.41) is 11.3. The number of nitrogens with one attached hydrogen (secondary N) is 1. The quantitative estimate of drug-likeness (QED) is 0.492. The number of rotatable bonds is 7. The molecule has 1 aromatic heterocycles. The van der Waals surface area contributed by atoms with Gasteiger partial charge in [-0.1, -0.05) is 12.1 Å². The second kappa shape index (κ2) is 9.66. The zero-order valence-electron chi connectivity index (χ0n) is 23.1. The van der Waals surface area contributed by atoms with Crippen LogP contribution in [0.4, 0.5) is 0 Å². The second-order valence-electron chi connectivity index (χ2n) is 11.3. The topological polar surface area (TPSA) is 89.1 Å². The Kier molecular flexibility index (Phi) is 6.63. The molecule has 8 nitrogen and oxygen atoms in total. The van der Waals surface area contributed by atoms with Crippen LogP contribution >= 0.6 is 0 Å². The van der Waals surface area contributed by atoms with Crippen LogP contribution < -0.4 is 4.74 Å². The van der Waals surface area contributed by atoms with E-state index in [-0.39, 0.29) is 24.1 Å². The first kappa shape index (κ1) is 26.1. The van der Waals surface area contributed by atoms with Crippen molar-refractivity contribution in [1.29, 1.82) is 0 Å². The van der Waals surface area contributed by atoms with Gasteiger partial charge in [0, 0.05) is 48.2 Å². The first-order valence-electron chi connectivity index (χ1n) is 13.4. The number of carbonyl (C=O) groups is 2. The summed E-state index contributed by atoms with van der Waals surface area (Å²) in [6.45, 7) is 11.7. The van der Waals surface area contributed by atoms with E-state index < -0.39 is 11.6 Å². The van der Waals surface area contributed by atoms with Gasteiger partial charge >= 0.3 is 0 Å². The van der Waals surface area contributed by atoms with Crippen molar-refractivity contribution in [2.75, 3.05) is 26.7 Å². The summed E-state index contributed by atoms with van der Waals surface area (Å²) < 4.78 is 5.50. The molecule has 2 N–H and O–H groups in total. The average Bonchev–Trinajstić information content (AvgIpc) is 3.22. The Balaban J connectivity index is 1.61. The van der Waals surface area contributed by atoms with Crippen LogP contribution in [0.25, 0.3) is 10.9 Å². The van der Waals surface area contributed by atoms with E-state index in [1.54, 1.807) is 35.1 Å². The fourth-order valence-corrected chi connectivity index (χ4v) is 6.43. The van der Waals surface area contributed by atoms with E-state index in [9.17, 15) is 14.7 Å². The molecule has 0 bridgehead atoms. The van der Waals surface area contributed by atoms with E-state index in [4.69, 9.17) is 4.74 Å². The van der Waals surface area contributed by atoms with Gasteiger partial charge in [-0.15, -0.1) is 0 Å². The van der Waals surface area contributed by atoms with Crippen molar-refractivity contribution in [2.24, 2.45) is 0 Å². The van der Waals surface area contributed by atoms with Crippen LogP contribution in [-0.4, -0.2) is 81.0 Å². The van der Waals surface area contributed by atoms with Gasteiger partial charge in [0.05, 0.1) is 19.7 Å². The molecule has 3 aromatic rings. The van der Waals surface area contributed by atoms with E-state index >= 15 is 0 Å². The van der Waals surface area contributed by atoms with Gasteiger partial charge in [-0.25, -0.2) is 0 Å². The second-order valence-corrected chi connectivity index (χ2v) is 11.3.